The van der Waals surface area contributed by atoms with Crippen molar-refractivity contribution in [3.8, 4) is 5.75 Å². The molecule has 1 fully saturated rings. The second-order valence-corrected chi connectivity index (χ2v) is 8.64. The van der Waals surface area contributed by atoms with Crippen molar-refractivity contribution in [1.29, 1.82) is 0 Å². The molecular weight excluding hydrogens is 495 g/mol. The summed E-state index contributed by atoms with van der Waals surface area (Å²) in [7, 11) is 0. The zero-order chi connectivity index (χ0) is 26.6. The number of piperidine rings is 1. The van der Waals surface area contributed by atoms with Gasteiger partial charge in [-0.1, -0.05) is 17.3 Å². The lowest BCUT2D eigenvalue weighted by atomic mass is 9.90. The molecule has 2 heterocycles. The second kappa shape index (κ2) is 11.0. The molecule has 0 radical (unpaired) electrons. The Morgan fingerprint density at radius 3 is 2.49 bits per heavy atom. The Bertz CT molecular complexity index is 1280. The monoisotopic (exact) mass is 518 g/mol. The Morgan fingerprint density at radius 1 is 1.14 bits per heavy atom. The number of alkyl halides is 3. The van der Waals surface area contributed by atoms with Crippen molar-refractivity contribution in [3.63, 3.8) is 0 Å². The predicted molar refractivity (Wildman–Crippen MR) is 125 cm³/mol. The van der Waals surface area contributed by atoms with Crippen LogP contribution in [0.1, 0.15) is 47.0 Å². The van der Waals surface area contributed by atoms with E-state index in [-0.39, 0.29) is 29.6 Å². The molecule has 0 unspecified atom stereocenters. The molecule has 1 aliphatic heterocycles. The fourth-order valence-corrected chi connectivity index (χ4v) is 4.16. The summed E-state index contributed by atoms with van der Waals surface area (Å²) in [6.45, 7) is 2.48. The lowest BCUT2D eigenvalue weighted by Crippen LogP contribution is -2.39. The number of carbonyl (C=O) groups is 1. The van der Waals surface area contributed by atoms with Crippen molar-refractivity contribution >= 4 is 12.1 Å². The summed E-state index contributed by atoms with van der Waals surface area (Å²) in [6, 6.07) is 7.86. The first-order valence-electron chi connectivity index (χ1n) is 11.5. The van der Waals surface area contributed by atoms with Gasteiger partial charge in [-0.25, -0.2) is 18.7 Å². The van der Waals surface area contributed by atoms with E-state index >= 15 is 0 Å². The van der Waals surface area contributed by atoms with Gasteiger partial charge in [0.05, 0.1) is 23.9 Å². The molecule has 2 aromatic carbocycles. The average Bonchev–Trinajstić information content (AvgIpc) is 2.87. The van der Waals surface area contributed by atoms with Crippen LogP contribution in [0, 0.1) is 18.6 Å². The van der Waals surface area contributed by atoms with Crippen molar-refractivity contribution in [2.75, 3.05) is 13.1 Å². The molecule has 0 aliphatic carbocycles. The van der Waals surface area contributed by atoms with Gasteiger partial charge in [-0.05, 0) is 50.1 Å². The molecule has 1 aliphatic rings. The van der Waals surface area contributed by atoms with E-state index in [0.29, 0.717) is 43.0 Å². The number of hydrogen-bond acceptors (Lipinski definition) is 5. The third-order valence-corrected chi connectivity index (χ3v) is 6.10. The minimum Gasteiger partial charge on any atom is -0.357 e. The maximum absolute atomic E-state index is 13.9. The van der Waals surface area contributed by atoms with E-state index in [4.69, 9.17) is 4.84 Å². The first-order valence-corrected chi connectivity index (χ1v) is 11.5. The van der Waals surface area contributed by atoms with E-state index in [9.17, 15) is 26.7 Å². The van der Waals surface area contributed by atoms with E-state index in [1.807, 2.05) is 0 Å². The van der Waals surface area contributed by atoms with Crippen molar-refractivity contribution in [2.24, 2.45) is 5.16 Å². The van der Waals surface area contributed by atoms with Crippen molar-refractivity contribution in [1.82, 2.24) is 14.9 Å². The Labute approximate surface area is 209 Å². The third-order valence-electron chi connectivity index (χ3n) is 6.10. The molecule has 6 nitrogen and oxygen atoms in total. The van der Waals surface area contributed by atoms with Crippen LogP contribution >= 0.6 is 0 Å². The maximum atomic E-state index is 13.9. The van der Waals surface area contributed by atoms with Crippen LogP contribution in [0.15, 0.2) is 53.8 Å². The number of nitrogens with zero attached hydrogens (tertiary/aromatic N) is 4. The molecule has 0 saturated carbocycles. The Hall–Kier alpha value is -3.89. The highest BCUT2D eigenvalue weighted by molar-refractivity contribution is 5.81. The van der Waals surface area contributed by atoms with Gasteiger partial charge in [0, 0.05) is 36.3 Å². The molecular formula is C26H23F5N4O2. The minimum atomic E-state index is -4.50. The normalized spacial score (nSPS) is 14.8. The molecule has 0 atom stereocenters. The summed E-state index contributed by atoms with van der Waals surface area (Å²) < 4.78 is 66.6. The van der Waals surface area contributed by atoms with E-state index in [1.165, 1.54) is 24.4 Å². The number of aryl methyl sites for hydroxylation is 1. The van der Waals surface area contributed by atoms with Crippen LogP contribution in [0.3, 0.4) is 0 Å². The van der Waals surface area contributed by atoms with E-state index in [2.05, 4.69) is 15.1 Å². The highest BCUT2D eigenvalue weighted by Crippen LogP contribution is 2.32. The van der Waals surface area contributed by atoms with Crippen LogP contribution in [0.5, 0.6) is 5.75 Å². The standard InChI is InChI=1S/C26H23F5N4O2/c1-16-32-14-18(15-33-37-20-5-2-4-19(12-20)26(29,30)31)25(34-16)17-8-10-35(11-9-17)24(36)13-21-22(27)6-3-7-23(21)28/h2-7,12,14-15,17H,8-11,13H2,1H3. The number of oxime groups is 1. The highest BCUT2D eigenvalue weighted by atomic mass is 19.4. The minimum absolute atomic E-state index is 0.0500. The number of halogens is 5. The maximum Gasteiger partial charge on any atom is 0.416 e. The number of amides is 1. The lowest BCUT2D eigenvalue weighted by Gasteiger charge is -2.32. The zero-order valence-electron chi connectivity index (χ0n) is 19.8. The summed E-state index contributed by atoms with van der Waals surface area (Å²) >= 11 is 0. The molecule has 4 rings (SSSR count). The van der Waals surface area contributed by atoms with Crippen molar-refractivity contribution in [3.05, 3.63) is 88.5 Å². The summed E-state index contributed by atoms with van der Waals surface area (Å²) in [5.41, 5.74) is 0.117. The molecule has 11 heteroatoms. The second-order valence-electron chi connectivity index (χ2n) is 8.64. The van der Waals surface area contributed by atoms with Crippen LogP contribution < -0.4 is 4.84 Å². The number of likely N-dealkylation sites (tertiary alicyclic amines) is 1. The van der Waals surface area contributed by atoms with Gasteiger partial charge in [0.2, 0.25) is 5.91 Å². The molecule has 1 aromatic heterocycles. The highest BCUT2D eigenvalue weighted by Gasteiger charge is 2.31. The molecule has 1 saturated heterocycles. The molecule has 194 valence electrons. The van der Waals surface area contributed by atoms with Crippen LogP contribution in [-0.4, -0.2) is 40.1 Å². The van der Waals surface area contributed by atoms with Crippen LogP contribution in [0.25, 0.3) is 0 Å². The number of carbonyl (C=O) groups excluding carboxylic acids is 1. The zero-order valence-corrected chi connectivity index (χ0v) is 19.8. The SMILES string of the molecule is Cc1ncc(C=NOc2cccc(C(F)(F)F)c2)c(C2CCN(C(=O)Cc3c(F)cccc3F)CC2)n1. The molecule has 1 amide bonds. The molecule has 0 spiro atoms. The Balaban J connectivity index is 1.41. The molecule has 37 heavy (non-hydrogen) atoms. The van der Waals surface area contributed by atoms with E-state index in [0.717, 1.165) is 24.3 Å². The topological polar surface area (TPSA) is 67.7 Å². The Morgan fingerprint density at radius 2 is 1.81 bits per heavy atom. The van der Waals surface area contributed by atoms with Gasteiger partial charge in [-0.3, -0.25) is 4.79 Å². The van der Waals surface area contributed by atoms with Gasteiger partial charge in [0.15, 0.2) is 5.75 Å². The summed E-state index contributed by atoms with van der Waals surface area (Å²) in [6.07, 6.45) is -0.863. The van der Waals surface area contributed by atoms with E-state index < -0.39 is 23.4 Å². The summed E-state index contributed by atoms with van der Waals surface area (Å²) in [4.78, 5) is 28.1. The quantitative estimate of drug-likeness (QED) is 0.248. The van der Waals surface area contributed by atoms with Gasteiger partial charge < -0.3 is 9.74 Å². The van der Waals surface area contributed by atoms with Gasteiger partial charge >= 0.3 is 6.18 Å². The number of rotatable bonds is 6. The Kier molecular flexibility index (Phi) is 7.80. The number of hydrogen-bond donors (Lipinski definition) is 0. The average molecular weight is 518 g/mol. The van der Waals surface area contributed by atoms with Crippen molar-refractivity contribution in [2.45, 2.75) is 38.3 Å². The third kappa shape index (κ3) is 6.46. The van der Waals surface area contributed by atoms with Gasteiger partial charge in [-0.2, -0.15) is 13.2 Å². The molecule has 3 aromatic rings. The first-order chi connectivity index (χ1) is 17.6. The smallest absolute Gasteiger partial charge is 0.357 e. The predicted octanol–water partition coefficient (Wildman–Crippen LogP) is 5.44. The molecule has 0 bridgehead atoms. The van der Waals surface area contributed by atoms with Crippen molar-refractivity contribution < 1.29 is 31.6 Å². The van der Waals surface area contributed by atoms with Crippen LogP contribution in [-0.2, 0) is 17.4 Å². The number of benzene rings is 2. The van der Waals surface area contributed by atoms with E-state index in [1.54, 1.807) is 18.0 Å². The number of aromatic nitrogens is 2. The van der Waals surface area contributed by atoms with Crippen LogP contribution in [0.2, 0.25) is 0 Å². The fourth-order valence-electron chi connectivity index (χ4n) is 4.16. The van der Waals surface area contributed by atoms with Gasteiger partial charge in [0.1, 0.15) is 17.5 Å². The molecule has 0 N–H and O–H groups in total. The first kappa shape index (κ1) is 26.2. The lowest BCUT2D eigenvalue weighted by molar-refractivity contribution is -0.137. The van der Waals surface area contributed by atoms with Crippen LogP contribution in [0.4, 0.5) is 22.0 Å². The largest absolute Gasteiger partial charge is 0.416 e. The summed E-state index contributed by atoms with van der Waals surface area (Å²) in [5.74, 6) is -1.46. The summed E-state index contributed by atoms with van der Waals surface area (Å²) in [5, 5.41) is 3.82. The fraction of sp³-hybridized carbons (Fsp3) is 0.308. The van der Waals surface area contributed by atoms with Gasteiger partial charge in [-0.15, -0.1) is 0 Å². The van der Waals surface area contributed by atoms with Gasteiger partial charge in [0.25, 0.3) is 0 Å².